The molecule has 0 bridgehead atoms. The molecule has 4 heteroatoms. The summed E-state index contributed by atoms with van der Waals surface area (Å²) < 4.78 is 0. The molecule has 1 aliphatic rings. The normalized spacial score (nSPS) is 14.4. The fraction of sp³-hybridized carbons (Fsp3) is 0.417. The SMILES string of the molecule is Cc1cc2c(s1)C([Si](C)(C)c1cc(C)c(C(C)(C)C)cc1O)c1sc(C)cc1-2. The van der Waals surface area contributed by atoms with Gasteiger partial charge in [-0.15, -0.1) is 22.7 Å². The topological polar surface area (TPSA) is 20.2 Å². The van der Waals surface area contributed by atoms with Crippen LogP contribution in [0.25, 0.3) is 11.1 Å². The van der Waals surface area contributed by atoms with Crippen molar-refractivity contribution in [2.45, 2.75) is 65.6 Å². The quantitative estimate of drug-likeness (QED) is 0.437. The monoisotopic (exact) mass is 426 g/mol. The fourth-order valence-electron chi connectivity index (χ4n) is 4.87. The molecule has 3 aromatic rings. The summed E-state index contributed by atoms with van der Waals surface area (Å²) in [6, 6.07) is 9.06. The summed E-state index contributed by atoms with van der Waals surface area (Å²) in [6.45, 7) is 18.2. The average Bonchev–Trinajstić information content (AvgIpc) is 3.17. The number of rotatable bonds is 2. The van der Waals surface area contributed by atoms with Gasteiger partial charge in [0.25, 0.3) is 0 Å². The minimum atomic E-state index is -2.01. The first-order chi connectivity index (χ1) is 12.9. The maximum Gasteiger partial charge on any atom is 0.115 e. The molecule has 0 spiro atoms. The van der Waals surface area contributed by atoms with Crippen LogP contribution in [0.5, 0.6) is 5.75 Å². The van der Waals surface area contributed by atoms with Crippen LogP contribution in [-0.4, -0.2) is 13.2 Å². The predicted molar refractivity (Wildman–Crippen MR) is 128 cm³/mol. The van der Waals surface area contributed by atoms with Crippen LogP contribution in [0.15, 0.2) is 24.3 Å². The van der Waals surface area contributed by atoms with Gasteiger partial charge in [0.1, 0.15) is 5.75 Å². The van der Waals surface area contributed by atoms with Gasteiger partial charge in [-0.3, -0.25) is 0 Å². The second-order valence-corrected chi connectivity index (χ2v) is 17.0. The van der Waals surface area contributed by atoms with E-state index in [0.29, 0.717) is 11.3 Å². The Hall–Kier alpha value is -1.36. The minimum absolute atomic E-state index is 0.0369. The summed E-state index contributed by atoms with van der Waals surface area (Å²) in [4.78, 5) is 5.82. The van der Waals surface area contributed by atoms with E-state index in [0.717, 1.165) is 0 Å². The number of hydrogen-bond acceptors (Lipinski definition) is 3. The summed E-state index contributed by atoms with van der Waals surface area (Å²) in [6.07, 6.45) is 0. The molecule has 4 rings (SSSR count). The zero-order valence-electron chi connectivity index (χ0n) is 18.2. The van der Waals surface area contributed by atoms with Gasteiger partial charge >= 0.3 is 0 Å². The third kappa shape index (κ3) is 2.92. The fourth-order valence-corrected chi connectivity index (χ4v) is 12.4. The Bertz CT molecular complexity index is 1030. The van der Waals surface area contributed by atoms with Gasteiger partial charge in [0, 0.05) is 25.0 Å². The van der Waals surface area contributed by atoms with Gasteiger partial charge in [0.15, 0.2) is 0 Å². The first kappa shape index (κ1) is 19.9. The van der Waals surface area contributed by atoms with Crippen molar-refractivity contribution >= 4 is 35.9 Å². The third-order valence-corrected chi connectivity index (χ3v) is 12.6. The highest BCUT2D eigenvalue weighted by atomic mass is 32.1. The molecule has 1 aromatic carbocycles. The molecule has 1 nitrogen and oxygen atoms in total. The number of benzene rings is 1. The van der Waals surface area contributed by atoms with E-state index in [2.05, 4.69) is 72.8 Å². The molecule has 0 atom stereocenters. The van der Waals surface area contributed by atoms with Gasteiger partial charge in [-0.2, -0.15) is 0 Å². The molecule has 2 aromatic heterocycles. The predicted octanol–water partition coefficient (Wildman–Crippen LogP) is 7.01. The molecule has 0 saturated carbocycles. The first-order valence-corrected chi connectivity index (χ1v) is 14.7. The summed E-state index contributed by atoms with van der Waals surface area (Å²) in [7, 11) is -2.01. The number of phenols is 1. The minimum Gasteiger partial charge on any atom is -0.508 e. The molecule has 148 valence electrons. The van der Waals surface area contributed by atoms with Crippen molar-refractivity contribution in [1.82, 2.24) is 0 Å². The Kier molecular flexibility index (Phi) is 4.50. The van der Waals surface area contributed by atoms with Crippen molar-refractivity contribution in [3.8, 4) is 16.9 Å². The maximum absolute atomic E-state index is 11.1. The van der Waals surface area contributed by atoms with E-state index in [1.54, 1.807) is 0 Å². The number of hydrogen-bond donors (Lipinski definition) is 1. The molecule has 0 radical (unpaired) electrons. The lowest BCUT2D eigenvalue weighted by atomic mass is 9.84. The molecule has 28 heavy (non-hydrogen) atoms. The van der Waals surface area contributed by atoms with Crippen LogP contribution < -0.4 is 5.19 Å². The lowest BCUT2D eigenvalue weighted by molar-refractivity contribution is 0.474. The number of aryl methyl sites for hydroxylation is 3. The highest BCUT2D eigenvalue weighted by Gasteiger charge is 2.45. The summed E-state index contributed by atoms with van der Waals surface area (Å²) in [5, 5.41) is 12.3. The average molecular weight is 427 g/mol. The molecular formula is C24H30OS2Si. The lowest BCUT2D eigenvalue weighted by Gasteiger charge is -2.33. The van der Waals surface area contributed by atoms with Crippen LogP contribution >= 0.6 is 22.7 Å². The molecule has 2 heterocycles. The zero-order valence-corrected chi connectivity index (χ0v) is 20.8. The van der Waals surface area contributed by atoms with Crippen molar-refractivity contribution in [3.63, 3.8) is 0 Å². The van der Waals surface area contributed by atoms with Crippen molar-refractivity contribution in [3.05, 3.63) is 54.9 Å². The van der Waals surface area contributed by atoms with E-state index in [9.17, 15) is 5.11 Å². The molecule has 1 aliphatic carbocycles. The molecule has 0 amide bonds. The largest absolute Gasteiger partial charge is 0.508 e. The van der Waals surface area contributed by atoms with Crippen molar-refractivity contribution in [1.29, 1.82) is 0 Å². The maximum atomic E-state index is 11.1. The van der Waals surface area contributed by atoms with Gasteiger partial charge < -0.3 is 5.11 Å². The second-order valence-electron chi connectivity index (χ2n) is 9.86. The van der Waals surface area contributed by atoms with Crippen LogP contribution in [0.3, 0.4) is 0 Å². The van der Waals surface area contributed by atoms with Crippen molar-refractivity contribution in [2.75, 3.05) is 0 Å². The van der Waals surface area contributed by atoms with E-state index < -0.39 is 8.07 Å². The first-order valence-electron chi connectivity index (χ1n) is 9.97. The van der Waals surface area contributed by atoms with E-state index in [1.807, 2.05) is 28.7 Å². The van der Waals surface area contributed by atoms with Gasteiger partial charge in [-0.05, 0) is 71.8 Å². The molecular weight excluding hydrogens is 396 g/mol. The number of thiophene rings is 2. The molecule has 0 saturated heterocycles. The van der Waals surface area contributed by atoms with Gasteiger partial charge in [-0.1, -0.05) is 39.9 Å². The number of fused-ring (bicyclic) bond motifs is 3. The van der Waals surface area contributed by atoms with Crippen LogP contribution in [0.2, 0.25) is 13.1 Å². The van der Waals surface area contributed by atoms with Gasteiger partial charge in [0.2, 0.25) is 0 Å². The van der Waals surface area contributed by atoms with Gasteiger partial charge in [0.05, 0.1) is 8.07 Å². The summed E-state index contributed by atoms with van der Waals surface area (Å²) >= 11 is 3.90. The lowest BCUT2D eigenvalue weighted by Crippen LogP contribution is -2.47. The van der Waals surface area contributed by atoms with Crippen LogP contribution in [-0.2, 0) is 5.41 Å². The van der Waals surface area contributed by atoms with Crippen molar-refractivity contribution < 1.29 is 5.11 Å². The van der Waals surface area contributed by atoms with E-state index >= 15 is 0 Å². The highest BCUT2D eigenvalue weighted by molar-refractivity contribution is 7.17. The van der Waals surface area contributed by atoms with E-state index in [1.165, 1.54) is 46.9 Å². The third-order valence-electron chi connectivity index (χ3n) is 6.15. The van der Waals surface area contributed by atoms with E-state index in [4.69, 9.17) is 0 Å². The van der Waals surface area contributed by atoms with Gasteiger partial charge in [-0.25, -0.2) is 0 Å². The standard InChI is InChI=1S/C24H30OS2Si/c1-13-9-20(19(25)12-18(13)24(4,5)6)28(7,8)23-21-16(10-14(2)26-21)17-11-15(3)27-22(17)23/h9-12,23,25H,1-8H3. The van der Waals surface area contributed by atoms with Crippen LogP contribution in [0, 0.1) is 20.8 Å². The number of aromatic hydroxyl groups is 1. The summed E-state index contributed by atoms with van der Waals surface area (Å²) in [5.74, 6) is 0.490. The number of phenolic OH excluding ortho intramolecular Hbond substituents is 1. The molecule has 0 aliphatic heterocycles. The van der Waals surface area contributed by atoms with Crippen LogP contribution in [0.4, 0.5) is 0 Å². The van der Waals surface area contributed by atoms with Crippen molar-refractivity contribution in [2.24, 2.45) is 0 Å². The Labute approximate surface area is 178 Å². The van der Waals surface area contributed by atoms with Crippen LogP contribution in [0.1, 0.15) is 56.9 Å². The Morgan fingerprint density at radius 3 is 1.82 bits per heavy atom. The Morgan fingerprint density at radius 1 is 0.857 bits per heavy atom. The molecule has 0 fully saturated rings. The van der Waals surface area contributed by atoms with E-state index in [-0.39, 0.29) is 5.41 Å². The second kappa shape index (κ2) is 6.32. The smallest absolute Gasteiger partial charge is 0.115 e. The Morgan fingerprint density at radius 2 is 1.36 bits per heavy atom. The molecule has 1 N–H and O–H groups in total. The summed E-state index contributed by atoms with van der Waals surface area (Å²) in [5.41, 5.74) is 5.88. The Balaban J connectivity index is 1.91. The highest BCUT2D eigenvalue weighted by Crippen LogP contribution is 2.55. The zero-order chi connectivity index (χ0) is 20.6. The molecule has 0 unspecified atom stereocenters.